The van der Waals surface area contributed by atoms with Crippen LogP contribution in [0, 0.1) is 0 Å². The Bertz CT molecular complexity index is 866. The average Bonchev–Trinajstić information content (AvgIpc) is 2.49. The van der Waals surface area contributed by atoms with E-state index in [4.69, 9.17) is 0 Å². The first-order chi connectivity index (χ1) is 10.1. The Morgan fingerprint density at radius 1 is 1.05 bits per heavy atom. The Labute approximate surface area is 122 Å². The molecular formula is C15H14N2O3S. The quantitative estimate of drug-likeness (QED) is 0.911. The van der Waals surface area contributed by atoms with Gasteiger partial charge >= 0.3 is 0 Å². The first kappa shape index (κ1) is 13.6. The number of fused-ring (bicyclic) bond motifs is 1. The summed E-state index contributed by atoms with van der Waals surface area (Å²) in [5, 5.41) is 0. The van der Waals surface area contributed by atoms with Crippen molar-refractivity contribution < 1.29 is 8.42 Å². The number of aromatic nitrogens is 1. The third-order valence-electron chi connectivity index (χ3n) is 3.42. The van der Waals surface area contributed by atoms with Gasteiger partial charge in [0.1, 0.15) is 5.69 Å². The SMILES string of the molecule is O=c1[nH]cccc1NS(=O)(=O)C1=Cc2ccccc2CC1. The van der Waals surface area contributed by atoms with Gasteiger partial charge in [-0.2, -0.15) is 0 Å². The van der Waals surface area contributed by atoms with Gasteiger partial charge in [-0.1, -0.05) is 24.3 Å². The van der Waals surface area contributed by atoms with Gasteiger partial charge in [-0.25, -0.2) is 8.42 Å². The fourth-order valence-corrected chi connectivity index (χ4v) is 3.56. The van der Waals surface area contributed by atoms with Crippen LogP contribution in [0.15, 0.2) is 52.3 Å². The van der Waals surface area contributed by atoms with E-state index >= 15 is 0 Å². The second-order valence-electron chi connectivity index (χ2n) is 4.83. The molecule has 0 spiro atoms. The van der Waals surface area contributed by atoms with Crippen molar-refractivity contribution in [1.82, 2.24) is 4.98 Å². The molecule has 0 bridgehead atoms. The second kappa shape index (κ2) is 5.21. The van der Waals surface area contributed by atoms with Crippen LogP contribution in [-0.2, 0) is 16.4 Å². The molecule has 0 atom stereocenters. The van der Waals surface area contributed by atoms with Gasteiger partial charge in [0.2, 0.25) is 0 Å². The van der Waals surface area contributed by atoms with Crippen LogP contribution in [0.2, 0.25) is 0 Å². The zero-order valence-electron chi connectivity index (χ0n) is 11.2. The summed E-state index contributed by atoms with van der Waals surface area (Å²) in [6, 6.07) is 10.7. The van der Waals surface area contributed by atoms with Gasteiger partial charge in [-0.15, -0.1) is 0 Å². The van der Waals surface area contributed by atoms with Crippen LogP contribution in [0.4, 0.5) is 5.69 Å². The van der Waals surface area contributed by atoms with Gasteiger partial charge in [0.05, 0.1) is 4.91 Å². The third kappa shape index (κ3) is 2.75. The summed E-state index contributed by atoms with van der Waals surface area (Å²) in [6.45, 7) is 0. The number of sulfonamides is 1. The molecule has 1 aliphatic rings. The van der Waals surface area contributed by atoms with E-state index in [1.165, 1.54) is 12.3 Å². The Morgan fingerprint density at radius 2 is 1.86 bits per heavy atom. The molecule has 1 aliphatic carbocycles. The van der Waals surface area contributed by atoms with E-state index in [1.807, 2.05) is 24.3 Å². The lowest BCUT2D eigenvalue weighted by molar-refractivity contribution is 0.605. The Morgan fingerprint density at radius 3 is 2.67 bits per heavy atom. The average molecular weight is 302 g/mol. The molecule has 1 heterocycles. The minimum absolute atomic E-state index is 0.0252. The van der Waals surface area contributed by atoms with Crippen molar-refractivity contribution >= 4 is 21.8 Å². The second-order valence-corrected chi connectivity index (χ2v) is 6.56. The van der Waals surface area contributed by atoms with Gasteiger partial charge in [-0.3, -0.25) is 9.52 Å². The molecule has 0 saturated carbocycles. The number of benzene rings is 1. The molecule has 6 heteroatoms. The number of allylic oxidation sites excluding steroid dienone is 1. The topological polar surface area (TPSA) is 79.0 Å². The van der Waals surface area contributed by atoms with E-state index < -0.39 is 15.6 Å². The molecule has 3 rings (SSSR count). The molecule has 21 heavy (non-hydrogen) atoms. The fraction of sp³-hybridized carbons (Fsp3) is 0.133. The number of H-pyrrole nitrogens is 1. The van der Waals surface area contributed by atoms with Crippen molar-refractivity contribution in [1.29, 1.82) is 0 Å². The normalized spacial score (nSPS) is 14.2. The highest BCUT2D eigenvalue weighted by atomic mass is 32.2. The summed E-state index contributed by atoms with van der Waals surface area (Å²) in [5.41, 5.74) is 1.61. The predicted octanol–water partition coefficient (Wildman–Crippen LogP) is 2.10. The zero-order chi connectivity index (χ0) is 14.9. The van der Waals surface area contributed by atoms with Gasteiger partial charge in [0, 0.05) is 6.20 Å². The first-order valence-electron chi connectivity index (χ1n) is 6.55. The van der Waals surface area contributed by atoms with Crippen molar-refractivity contribution in [3.05, 3.63) is 69.0 Å². The Balaban J connectivity index is 1.95. The molecule has 0 saturated heterocycles. The summed E-state index contributed by atoms with van der Waals surface area (Å²) in [6.07, 6.45) is 4.22. The molecule has 0 fully saturated rings. The largest absolute Gasteiger partial charge is 0.327 e. The van der Waals surface area contributed by atoms with Crippen LogP contribution in [0.3, 0.4) is 0 Å². The van der Waals surface area contributed by atoms with Crippen molar-refractivity contribution in [3.8, 4) is 0 Å². The highest BCUT2D eigenvalue weighted by Gasteiger charge is 2.22. The number of aryl methyl sites for hydroxylation is 1. The number of rotatable bonds is 3. The zero-order valence-corrected chi connectivity index (χ0v) is 12.0. The fourth-order valence-electron chi connectivity index (χ4n) is 2.33. The lowest BCUT2D eigenvalue weighted by atomic mass is 9.98. The Kier molecular flexibility index (Phi) is 3.39. The van der Waals surface area contributed by atoms with Crippen LogP contribution in [0.25, 0.3) is 6.08 Å². The maximum atomic E-state index is 12.4. The van der Waals surface area contributed by atoms with Crippen LogP contribution in [0.5, 0.6) is 0 Å². The molecule has 108 valence electrons. The third-order valence-corrected chi connectivity index (χ3v) is 4.92. The standard InChI is InChI=1S/C15H14N2O3S/c18-15-14(6-3-9-16-15)17-21(19,20)13-8-7-11-4-1-2-5-12(11)10-13/h1-6,9-10,17H,7-8H2,(H,16,18). The van der Waals surface area contributed by atoms with E-state index in [1.54, 1.807) is 12.1 Å². The molecule has 2 aromatic rings. The van der Waals surface area contributed by atoms with Crippen LogP contribution in [0.1, 0.15) is 17.5 Å². The minimum Gasteiger partial charge on any atom is -0.327 e. The molecule has 0 radical (unpaired) electrons. The summed E-state index contributed by atoms with van der Waals surface area (Å²) in [7, 11) is -3.71. The number of hydrogen-bond acceptors (Lipinski definition) is 3. The lowest BCUT2D eigenvalue weighted by Gasteiger charge is -2.17. The molecule has 2 N–H and O–H groups in total. The number of aromatic amines is 1. The highest BCUT2D eigenvalue weighted by Crippen LogP contribution is 2.27. The van der Waals surface area contributed by atoms with Gasteiger partial charge in [0.25, 0.3) is 15.6 Å². The minimum atomic E-state index is -3.71. The molecule has 0 aliphatic heterocycles. The lowest BCUT2D eigenvalue weighted by Crippen LogP contribution is -2.22. The molecule has 1 aromatic carbocycles. The number of pyridine rings is 1. The summed E-state index contributed by atoms with van der Waals surface area (Å²) in [4.78, 5) is 14.3. The summed E-state index contributed by atoms with van der Waals surface area (Å²) in [5.74, 6) is 0. The highest BCUT2D eigenvalue weighted by molar-refractivity contribution is 7.96. The van der Waals surface area contributed by atoms with Gasteiger partial charge < -0.3 is 4.98 Å². The van der Waals surface area contributed by atoms with E-state index in [-0.39, 0.29) is 5.69 Å². The van der Waals surface area contributed by atoms with E-state index in [0.717, 1.165) is 11.1 Å². The molecule has 5 nitrogen and oxygen atoms in total. The maximum absolute atomic E-state index is 12.4. The summed E-state index contributed by atoms with van der Waals surface area (Å²) < 4.78 is 27.1. The number of hydrogen-bond donors (Lipinski definition) is 2. The van der Waals surface area contributed by atoms with Gasteiger partial charge in [0.15, 0.2) is 0 Å². The first-order valence-corrected chi connectivity index (χ1v) is 8.03. The maximum Gasteiger partial charge on any atom is 0.272 e. The van der Waals surface area contributed by atoms with Gasteiger partial charge in [-0.05, 0) is 42.2 Å². The number of nitrogens with one attached hydrogen (secondary N) is 2. The van der Waals surface area contributed by atoms with E-state index in [2.05, 4.69) is 9.71 Å². The van der Waals surface area contributed by atoms with Crippen molar-refractivity contribution in [2.45, 2.75) is 12.8 Å². The van der Waals surface area contributed by atoms with E-state index in [9.17, 15) is 13.2 Å². The summed E-state index contributed by atoms with van der Waals surface area (Å²) >= 11 is 0. The van der Waals surface area contributed by atoms with Crippen molar-refractivity contribution in [2.24, 2.45) is 0 Å². The van der Waals surface area contributed by atoms with Crippen molar-refractivity contribution in [2.75, 3.05) is 4.72 Å². The molecule has 0 amide bonds. The predicted molar refractivity (Wildman–Crippen MR) is 82.3 cm³/mol. The monoisotopic (exact) mass is 302 g/mol. The van der Waals surface area contributed by atoms with Crippen molar-refractivity contribution in [3.63, 3.8) is 0 Å². The Hall–Kier alpha value is -2.34. The number of anilines is 1. The molecular weight excluding hydrogens is 288 g/mol. The van der Waals surface area contributed by atoms with Crippen LogP contribution in [-0.4, -0.2) is 13.4 Å². The van der Waals surface area contributed by atoms with E-state index in [0.29, 0.717) is 17.7 Å². The smallest absolute Gasteiger partial charge is 0.272 e. The van der Waals surface area contributed by atoms with Crippen LogP contribution < -0.4 is 10.3 Å². The molecule has 1 aromatic heterocycles. The van der Waals surface area contributed by atoms with Crippen LogP contribution >= 0.6 is 0 Å². The molecule has 0 unspecified atom stereocenters.